The second-order valence-electron chi connectivity index (χ2n) is 9.22. The summed E-state index contributed by atoms with van der Waals surface area (Å²) in [6.45, 7) is 9.43. The molecule has 0 spiro atoms. The van der Waals surface area contributed by atoms with E-state index in [2.05, 4.69) is 92.1 Å². The molecule has 3 saturated carbocycles. The van der Waals surface area contributed by atoms with Crippen molar-refractivity contribution in [3.63, 3.8) is 0 Å². The van der Waals surface area contributed by atoms with Crippen molar-refractivity contribution >= 4 is 0 Å². The third-order valence-electron chi connectivity index (χ3n) is 7.50. The Hall–Kier alpha value is -1.64. The van der Waals surface area contributed by atoms with E-state index in [1.54, 1.807) is 0 Å². The molecule has 2 nitrogen and oxygen atoms in total. The van der Waals surface area contributed by atoms with E-state index in [4.69, 9.17) is 0 Å². The van der Waals surface area contributed by atoms with E-state index in [0.717, 1.165) is 30.8 Å². The van der Waals surface area contributed by atoms with Crippen molar-refractivity contribution in [2.24, 2.45) is 23.2 Å². The highest BCUT2D eigenvalue weighted by Gasteiger charge is 2.55. The fourth-order valence-corrected chi connectivity index (χ4v) is 5.61. The highest BCUT2D eigenvalue weighted by molar-refractivity contribution is 5.31. The number of fused-ring (bicyclic) bond motifs is 2. The van der Waals surface area contributed by atoms with Crippen molar-refractivity contribution in [2.45, 2.75) is 45.7 Å². The normalized spacial score (nSPS) is 28.7. The molecule has 3 fully saturated rings. The van der Waals surface area contributed by atoms with Crippen LogP contribution in [0.1, 0.15) is 50.8 Å². The van der Waals surface area contributed by atoms with E-state index in [1.165, 1.54) is 24.0 Å². The lowest BCUT2D eigenvalue weighted by Crippen LogP contribution is -2.60. The predicted molar refractivity (Wildman–Crippen MR) is 114 cm³/mol. The van der Waals surface area contributed by atoms with Crippen LogP contribution in [0.2, 0.25) is 0 Å². The van der Waals surface area contributed by atoms with Gasteiger partial charge in [-0.25, -0.2) is 0 Å². The molecule has 3 aliphatic rings. The smallest absolute Gasteiger partial charge is 0.0577 e. The summed E-state index contributed by atoms with van der Waals surface area (Å²) in [4.78, 5) is 0. The monoisotopic (exact) mass is 362 g/mol. The third-order valence-corrected chi connectivity index (χ3v) is 7.50. The third kappa shape index (κ3) is 3.70. The molecular formula is C25H34N2. The highest BCUT2D eigenvalue weighted by Crippen LogP contribution is 2.61. The number of nitrogens with one attached hydrogen (secondary N) is 2. The van der Waals surface area contributed by atoms with Gasteiger partial charge in [0.15, 0.2) is 0 Å². The molecule has 5 rings (SSSR count). The van der Waals surface area contributed by atoms with Gasteiger partial charge >= 0.3 is 0 Å². The number of hydrogen-bond acceptors (Lipinski definition) is 2. The largest absolute Gasteiger partial charge is 0.312 e. The summed E-state index contributed by atoms with van der Waals surface area (Å²) < 4.78 is 0. The first-order valence-corrected chi connectivity index (χ1v) is 10.6. The molecule has 4 unspecified atom stereocenters. The van der Waals surface area contributed by atoms with Crippen LogP contribution < -0.4 is 10.6 Å². The van der Waals surface area contributed by atoms with Gasteiger partial charge in [-0.05, 0) is 47.1 Å². The predicted octanol–water partition coefficient (Wildman–Crippen LogP) is 5.03. The first-order chi connectivity index (χ1) is 13.1. The highest BCUT2D eigenvalue weighted by atomic mass is 15.0. The zero-order valence-corrected chi connectivity index (χ0v) is 17.0. The Morgan fingerprint density at radius 1 is 0.889 bits per heavy atom. The summed E-state index contributed by atoms with van der Waals surface area (Å²) in [5, 5.41) is 7.65. The molecule has 27 heavy (non-hydrogen) atoms. The van der Waals surface area contributed by atoms with Gasteiger partial charge in [0.1, 0.15) is 0 Å². The van der Waals surface area contributed by atoms with E-state index < -0.39 is 0 Å². The average molecular weight is 363 g/mol. The fourth-order valence-electron chi connectivity index (χ4n) is 5.61. The molecule has 0 aliphatic heterocycles. The van der Waals surface area contributed by atoms with Gasteiger partial charge in [0, 0.05) is 19.1 Å². The summed E-state index contributed by atoms with van der Waals surface area (Å²) in [6.07, 6.45) is 2.81. The molecule has 2 aromatic carbocycles. The first-order valence-electron chi connectivity index (χ1n) is 10.6. The zero-order valence-electron chi connectivity index (χ0n) is 17.0. The molecule has 4 atom stereocenters. The topological polar surface area (TPSA) is 24.1 Å². The molecule has 0 saturated heterocycles. The maximum absolute atomic E-state index is 3.87. The van der Waals surface area contributed by atoms with Gasteiger partial charge in [0.2, 0.25) is 0 Å². The van der Waals surface area contributed by atoms with Gasteiger partial charge in [0.05, 0.1) is 6.04 Å². The van der Waals surface area contributed by atoms with Crippen LogP contribution in [0.4, 0.5) is 0 Å². The Balaban J connectivity index is 1.33. The number of hydrogen-bond donors (Lipinski definition) is 2. The van der Waals surface area contributed by atoms with Crippen molar-refractivity contribution in [1.29, 1.82) is 0 Å². The van der Waals surface area contributed by atoms with Crippen molar-refractivity contribution < 1.29 is 0 Å². The van der Waals surface area contributed by atoms with Crippen molar-refractivity contribution in [3.8, 4) is 0 Å². The van der Waals surface area contributed by atoms with Gasteiger partial charge in [0.25, 0.3) is 0 Å². The lowest BCUT2D eigenvalue weighted by molar-refractivity contribution is -0.114. The lowest BCUT2D eigenvalue weighted by atomic mass is 9.45. The summed E-state index contributed by atoms with van der Waals surface area (Å²) in [7, 11) is 0. The molecule has 144 valence electrons. The molecule has 2 heteroatoms. The molecule has 0 heterocycles. The van der Waals surface area contributed by atoms with Crippen molar-refractivity contribution in [1.82, 2.24) is 10.6 Å². The Labute approximate surface area is 164 Å². The minimum absolute atomic E-state index is 0.255. The Bertz CT molecular complexity index is 685. The summed E-state index contributed by atoms with van der Waals surface area (Å²) >= 11 is 0. The van der Waals surface area contributed by atoms with Crippen LogP contribution >= 0.6 is 0 Å². The van der Waals surface area contributed by atoms with Gasteiger partial charge in [-0.15, -0.1) is 0 Å². The van der Waals surface area contributed by atoms with Gasteiger partial charge in [-0.2, -0.15) is 0 Å². The average Bonchev–Trinajstić information content (AvgIpc) is 2.70. The summed E-state index contributed by atoms with van der Waals surface area (Å²) in [5.41, 5.74) is 3.23. The summed E-state index contributed by atoms with van der Waals surface area (Å²) in [5.74, 6) is 2.62. The van der Waals surface area contributed by atoms with E-state index >= 15 is 0 Å². The van der Waals surface area contributed by atoms with Crippen molar-refractivity contribution in [3.05, 3.63) is 71.8 Å². The zero-order chi connectivity index (χ0) is 18.9. The molecule has 2 N–H and O–H groups in total. The van der Waals surface area contributed by atoms with E-state index in [9.17, 15) is 0 Å². The summed E-state index contributed by atoms with van der Waals surface area (Å²) in [6, 6.07) is 22.5. The van der Waals surface area contributed by atoms with Crippen LogP contribution in [-0.2, 0) is 0 Å². The second-order valence-corrected chi connectivity index (χ2v) is 9.22. The maximum atomic E-state index is 3.87. The maximum Gasteiger partial charge on any atom is 0.0577 e. The van der Waals surface area contributed by atoms with E-state index in [0.29, 0.717) is 11.5 Å². The molecule has 0 aromatic heterocycles. The Morgan fingerprint density at radius 3 is 2.00 bits per heavy atom. The second kappa shape index (κ2) is 7.77. The molecule has 3 aliphatic carbocycles. The van der Waals surface area contributed by atoms with E-state index in [-0.39, 0.29) is 6.04 Å². The van der Waals surface area contributed by atoms with Crippen LogP contribution in [0.5, 0.6) is 0 Å². The molecule has 0 radical (unpaired) electrons. The van der Waals surface area contributed by atoms with Crippen LogP contribution in [0.3, 0.4) is 0 Å². The first kappa shape index (κ1) is 18.7. The van der Waals surface area contributed by atoms with Gasteiger partial charge < -0.3 is 10.6 Å². The van der Waals surface area contributed by atoms with Gasteiger partial charge in [-0.1, -0.05) is 81.4 Å². The SMILES string of the molecule is CC1C(NCCNC(c2ccccc2)c2ccccc2)CC2CC1C2(C)C. The molecule has 0 amide bonds. The Kier molecular flexibility index (Phi) is 5.39. The minimum atomic E-state index is 0.255. The molecular weight excluding hydrogens is 328 g/mol. The van der Waals surface area contributed by atoms with Crippen LogP contribution in [0.25, 0.3) is 0 Å². The van der Waals surface area contributed by atoms with Crippen LogP contribution in [-0.4, -0.2) is 19.1 Å². The van der Waals surface area contributed by atoms with Gasteiger partial charge in [-0.3, -0.25) is 0 Å². The van der Waals surface area contributed by atoms with E-state index in [1.807, 2.05) is 0 Å². The van der Waals surface area contributed by atoms with Crippen molar-refractivity contribution in [2.75, 3.05) is 13.1 Å². The number of benzene rings is 2. The molecule has 2 aromatic rings. The standard InChI is InChI=1S/C25H34N2/c1-18-22-16-21(25(22,2)3)17-23(18)26-14-15-27-24(19-10-6-4-7-11-19)20-12-8-5-9-13-20/h4-13,18,21-24,26-27H,14-17H2,1-3H3. The minimum Gasteiger partial charge on any atom is -0.312 e. The molecule has 2 bridgehead atoms. The fraction of sp³-hybridized carbons (Fsp3) is 0.520. The number of rotatable bonds is 7. The lowest BCUT2D eigenvalue weighted by Gasteiger charge is -2.62. The van der Waals surface area contributed by atoms with Crippen LogP contribution in [0, 0.1) is 23.2 Å². The Morgan fingerprint density at radius 2 is 1.48 bits per heavy atom. The quantitative estimate of drug-likeness (QED) is 0.675. The van der Waals surface area contributed by atoms with Crippen LogP contribution in [0.15, 0.2) is 60.7 Å².